The molecular formula is C53H54BrCl12N3O8S3. The van der Waals surface area contributed by atoms with Gasteiger partial charge in [-0.05, 0) is 106 Å². The standard InChI is InChI=1S/C18H18Cl4O2S.C16H16Cl4N2O2S.C12H6Cl4O2S.C7H14BrNO2/c1-3-5-23-17-13(21)7-11(19)9-15(17)25-16-10-12(20)8-14(22)18(16)24-6-4-2;17-9-5-11(19)15(23-3-1-21)13(7-9)25-14-8-10(18)6-12(20)16(14)24-4-2-22;13-5-1-7(15)11(17)9(3-5)19-10-4-6(14)2-8(16)12(10)18;1-7(2,3)11-6(10)9-5-4-8/h7-10H,3-6H2,1-2H3;5-8H,1-4,21-22H2;1-4,17-18H;4-5H2,1-3H3,(H,9,10). The summed E-state index contributed by atoms with van der Waals surface area (Å²) in [7, 11) is 0. The summed E-state index contributed by atoms with van der Waals surface area (Å²) in [6.07, 6.45) is 1.38. The van der Waals surface area contributed by atoms with E-state index in [1.165, 1.54) is 47.8 Å². The Kier molecular flexibility index (Phi) is 33.6. The molecule has 0 saturated carbocycles. The highest BCUT2D eigenvalue weighted by Crippen LogP contribution is 2.50. The van der Waals surface area contributed by atoms with E-state index in [1.54, 1.807) is 36.4 Å². The second-order valence-corrected chi connectivity index (χ2v) is 25.8. The molecule has 0 unspecified atom stereocenters. The predicted octanol–water partition coefficient (Wildman–Crippen LogP) is 20.9. The average molecular weight is 1460 g/mol. The summed E-state index contributed by atoms with van der Waals surface area (Å²) < 4.78 is 27.9. The number of halogens is 13. The molecule has 0 aromatic heterocycles. The van der Waals surface area contributed by atoms with E-state index in [-0.39, 0.29) is 27.6 Å². The van der Waals surface area contributed by atoms with Gasteiger partial charge in [0.25, 0.3) is 0 Å². The van der Waals surface area contributed by atoms with Gasteiger partial charge >= 0.3 is 6.09 Å². The summed E-state index contributed by atoms with van der Waals surface area (Å²) in [5, 5.41) is 27.8. The Labute approximate surface area is 547 Å². The van der Waals surface area contributed by atoms with Crippen molar-refractivity contribution in [2.75, 3.05) is 51.4 Å². The minimum Gasteiger partial charge on any atom is -0.505 e. The maximum atomic E-state index is 10.9. The van der Waals surface area contributed by atoms with Crippen LogP contribution in [-0.4, -0.2) is 73.3 Å². The van der Waals surface area contributed by atoms with Gasteiger partial charge in [-0.15, -0.1) is 0 Å². The van der Waals surface area contributed by atoms with E-state index in [1.807, 2.05) is 46.8 Å². The molecule has 0 aliphatic carbocycles. The number of aromatic hydroxyl groups is 2. The molecule has 80 heavy (non-hydrogen) atoms. The van der Waals surface area contributed by atoms with Gasteiger partial charge in [0, 0.05) is 55.1 Å². The van der Waals surface area contributed by atoms with E-state index >= 15 is 0 Å². The van der Waals surface area contributed by atoms with Crippen LogP contribution in [0.25, 0.3) is 0 Å². The van der Waals surface area contributed by atoms with Crippen molar-refractivity contribution in [2.45, 2.75) is 82.4 Å². The Balaban J connectivity index is 0.000000291. The number of nitrogens with two attached hydrogens (primary N) is 2. The molecular weight excluding hydrogens is 1410 g/mol. The third-order valence-corrected chi connectivity index (χ3v) is 15.5. The van der Waals surface area contributed by atoms with Crippen LogP contribution in [0.2, 0.25) is 60.3 Å². The van der Waals surface area contributed by atoms with Crippen LogP contribution in [0.1, 0.15) is 47.5 Å². The van der Waals surface area contributed by atoms with Crippen LogP contribution in [0.3, 0.4) is 0 Å². The number of alkyl carbamates (subject to hydrolysis) is 1. The average Bonchev–Trinajstić information content (AvgIpc) is 3.35. The Morgan fingerprint density at radius 3 is 1.00 bits per heavy atom. The van der Waals surface area contributed by atoms with E-state index in [9.17, 15) is 15.0 Å². The van der Waals surface area contributed by atoms with Crippen LogP contribution in [0.4, 0.5) is 4.79 Å². The topological polar surface area (TPSA) is 168 Å². The highest BCUT2D eigenvalue weighted by molar-refractivity contribution is 9.09. The monoisotopic (exact) mass is 1450 g/mol. The maximum absolute atomic E-state index is 10.9. The second-order valence-electron chi connectivity index (χ2n) is 16.7. The molecule has 6 aromatic rings. The molecule has 0 atom stereocenters. The molecule has 438 valence electrons. The lowest BCUT2D eigenvalue weighted by molar-refractivity contribution is 0.0531. The molecule has 1 amide bonds. The van der Waals surface area contributed by atoms with Gasteiger partial charge in [0.1, 0.15) is 30.3 Å². The number of phenolic OH excluding ortho intramolecular Hbond substituents is 2. The lowest BCUT2D eigenvalue weighted by Crippen LogP contribution is -2.33. The van der Waals surface area contributed by atoms with Gasteiger partial charge in [0.2, 0.25) is 0 Å². The number of alkyl halides is 1. The number of rotatable bonds is 20. The molecule has 7 N–H and O–H groups in total. The fourth-order valence-corrected chi connectivity index (χ4v) is 13.2. The number of nitrogens with one attached hydrogen (secondary N) is 1. The number of hydrogen-bond donors (Lipinski definition) is 5. The summed E-state index contributed by atoms with van der Waals surface area (Å²) in [6, 6.07) is 19.5. The highest BCUT2D eigenvalue weighted by Gasteiger charge is 2.21. The van der Waals surface area contributed by atoms with Gasteiger partial charge in [0.05, 0.1) is 72.7 Å². The van der Waals surface area contributed by atoms with Crippen LogP contribution in [0, 0.1) is 0 Å². The molecule has 11 nitrogen and oxygen atoms in total. The summed E-state index contributed by atoms with van der Waals surface area (Å²) in [5.41, 5.74) is 10.6. The van der Waals surface area contributed by atoms with Crippen LogP contribution in [-0.2, 0) is 4.74 Å². The zero-order chi connectivity index (χ0) is 59.9. The number of benzene rings is 6. The van der Waals surface area contributed by atoms with Gasteiger partial charge in [-0.2, -0.15) is 0 Å². The Bertz CT molecular complexity index is 2700. The van der Waals surface area contributed by atoms with Crippen molar-refractivity contribution in [3.05, 3.63) is 133 Å². The SMILES string of the molecule is CC(C)(C)OC(=O)NCCBr.CCCOc1c(Cl)cc(Cl)cc1Sc1cc(Cl)cc(Cl)c1OCCC.NCCOc1c(Cl)cc(Cl)cc1Sc1cc(Cl)cc(Cl)c1OCCN.Oc1c(Cl)cc(Cl)cc1Sc1cc(Cl)cc(Cl)c1O. The maximum Gasteiger partial charge on any atom is 0.407 e. The van der Waals surface area contributed by atoms with E-state index in [2.05, 4.69) is 21.2 Å². The van der Waals surface area contributed by atoms with Crippen molar-refractivity contribution in [1.29, 1.82) is 0 Å². The molecule has 0 saturated heterocycles. The molecule has 6 aromatic carbocycles. The van der Waals surface area contributed by atoms with E-state index in [4.69, 9.17) is 174 Å². The van der Waals surface area contributed by atoms with Crippen LogP contribution in [0.5, 0.6) is 34.5 Å². The normalized spacial score (nSPS) is 10.8. The second kappa shape index (κ2) is 37.0. The zero-order valence-electron chi connectivity index (χ0n) is 43.1. The first-order valence-electron chi connectivity index (χ1n) is 23.6. The first-order valence-corrected chi connectivity index (χ1v) is 31.7. The zero-order valence-corrected chi connectivity index (χ0v) is 56.2. The van der Waals surface area contributed by atoms with Crippen molar-refractivity contribution < 1.29 is 38.7 Å². The molecule has 0 bridgehead atoms. The summed E-state index contributed by atoms with van der Waals surface area (Å²) in [4.78, 5) is 14.6. The molecule has 0 fully saturated rings. The van der Waals surface area contributed by atoms with Crippen molar-refractivity contribution in [2.24, 2.45) is 11.5 Å². The predicted molar refractivity (Wildman–Crippen MR) is 343 cm³/mol. The van der Waals surface area contributed by atoms with Crippen molar-refractivity contribution in [3.63, 3.8) is 0 Å². The molecule has 0 radical (unpaired) electrons. The summed E-state index contributed by atoms with van der Waals surface area (Å²) in [5.74, 6) is 1.92. The number of amides is 1. The molecule has 0 spiro atoms. The lowest BCUT2D eigenvalue weighted by atomic mass is 10.2. The molecule has 0 aliphatic rings. The van der Waals surface area contributed by atoms with Gasteiger partial charge in [-0.25, -0.2) is 4.79 Å². The van der Waals surface area contributed by atoms with Crippen LogP contribution in [0.15, 0.2) is 102 Å². The third-order valence-electron chi connectivity index (χ3n) is 8.94. The highest BCUT2D eigenvalue weighted by atomic mass is 79.9. The third kappa shape index (κ3) is 25.1. The molecule has 0 heterocycles. The smallest absolute Gasteiger partial charge is 0.407 e. The quantitative estimate of drug-likeness (QED) is 0.0459. The molecule has 6 rings (SSSR count). The number of hydrogen-bond acceptors (Lipinski definition) is 13. The lowest BCUT2D eigenvalue weighted by Gasteiger charge is -2.19. The Hall–Kier alpha value is -1.68. The van der Waals surface area contributed by atoms with E-state index in [0.717, 1.165) is 39.7 Å². The Morgan fingerprint density at radius 1 is 0.475 bits per heavy atom. The largest absolute Gasteiger partial charge is 0.505 e. The number of carbonyl (C=O) groups excluding carboxylic acids is 1. The van der Waals surface area contributed by atoms with Crippen molar-refractivity contribution in [3.8, 4) is 34.5 Å². The molecule has 0 aliphatic heterocycles. The number of carbonyl (C=O) groups is 1. The fourth-order valence-electron chi connectivity index (χ4n) is 5.80. The number of phenols is 2. The van der Waals surface area contributed by atoms with E-state index < -0.39 is 5.60 Å². The minimum atomic E-state index is -0.406. The first kappa shape index (κ1) is 72.6. The van der Waals surface area contributed by atoms with Crippen LogP contribution >= 0.6 is 190 Å². The van der Waals surface area contributed by atoms with Gasteiger partial charge in [-0.1, -0.05) is 204 Å². The first-order chi connectivity index (χ1) is 37.7. The van der Waals surface area contributed by atoms with E-state index in [0.29, 0.717) is 139 Å². The van der Waals surface area contributed by atoms with Crippen molar-refractivity contribution >= 4 is 197 Å². The van der Waals surface area contributed by atoms with Crippen molar-refractivity contribution in [1.82, 2.24) is 5.32 Å². The number of ether oxygens (including phenoxy) is 5. The summed E-state index contributed by atoms with van der Waals surface area (Å²) >= 11 is 80.1. The Morgan fingerprint density at radius 2 is 0.738 bits per heavy atom. The van der Waals surface area contributed by atoms with Gasteiger partial charge in [-0.3, -0.25) is 0 Å². The molecule has 27 heteroatoms. The minimum absolute atomic E-state index is 0.119. The van der Waals surface area contributed by atoms with Gasteiger partial charge in [0.15, 0.2) is 23.0 Å². The summed E-state index contributed by atoms with van der Waals surface area (Å²) in [6.45, 7) is 12.6. The fraction of sp³-hybridized carbons (Fsp3) is 0.302. The van der Waals surface area contributed by atoms with Gasteiger partial charge < -0.3 is 50.7 Å². The van der Waals surface area contributed by atoms with Crippen LogP contribution < -0.4 is 35.7 Å².